The summed E-state index contributed by atoms with van der Waals surface area (Å²) < 4.78 is 0. The molecular formula is C40H26O2. The van der Waals surface area contributed by atoms with Crippen LogP contribution in [0.2, 0.25) is 0 Å². The van der Waals surface area contributed by atoms with Gasteiger partial charge >= 0.3 is 0 Å². The molecule has 0 aliphatic carbocycles. The third kappa shape index (κ3) is 3.66. The van der Waals surface area contributed by atoms with E-state index >= 15 is 0 Å². The van der Waals surface area contributed by atoms with Crippen LogP contribution in [0.3, 0.4) is 0 Å². The lowest BCUT2D eigenvalue weighted by Gasteiger charge is -2.21. The van der Waals surface area contributed by atoms with Crippen molar-refractivity contribution in [2.24, 2.45) is 0 Å². The monoisotopic (exact) mass is 538 g/mol. The maximum absolute atomic E-state index is 12.1. The molecule has 2 N–H and O–H groups in total. The summed E-state index contributed by atoms with van der Waals surface area (Å²) in [5.41, 5.74) is 5.05. The van der Waals surface area contributed by atoms with Gasteiger partial charge in [0.15, 0.2) is 0 Å². The Morgan fingerprint density at radius 1 is 0.310 bits per heavy atom. The predicted octanol–water partition coefficient (Wildman–Crippen LogP) is 10.7. The quantitative estimate of drug-likeness (QED) is 0.220. The molecular weight excluding hydrogens is 512 g/mol. The van der Waals surface area contributed by atoms with Crippen LogP contribution in [0.25, 0.3) is 76.5 Å². The number of hydrogen-bond donors (Lipinski definition) is 2. The Morgan fingerprint density at radius 3 is 1.12 bits per heavy atom. The first kappa shape index (κ1) is 24.2. The molecule has 0 bridgehead atoms. The minimum Gasteiger partial charge on any atom is -0.507 e. The van der Waals surface area contributed by atoms with Gasteiger partial charge < -0.3 is 10.2 Å². The second kappa shape index (κ2) is 9.50. The average molecular weight is 539 g/mol. The van der Waals surface area contributed by atoms with Gasteiger partial charge in [-0.25, -0.2) is 0 Å². The average Bonchev–Trinajstić information content (AvgIpc) is 3.05. The third-order valence-corrected chi connectivity index (χ3v) is 8.46. The topological polar surface area (TPSA) is 40.5 Å². The van der Waals surface area contributed by atoms with E-state index in [1.165, 1.54) is 0 Å². The summed E-state index contributed by atoms with van der Waals surface area (Å²) in [5.74, 6) is 0.465. The maximum atomic E-state index is 12.1. The first-order chi connectivity index (χ1) is 20.7. The van der Waals surface area contributed by atoms with Crippen molar-refractivity contribution in [3.8, 4) is 44.9 Å². The number of benzene rings is 8. The van der Waals surface area contributed by atoms with Crippen LogP contribution in [0.4, 0.5) is 0 Å². The van der Waals surface area contributed by atoms with Crippen LogP contribution in [0, 0.1) is 0 Å². The molecule has 0 saturated heterocycles. The molecule has 8 rings (SSSR count). The molecule has 0 aromatic heterocycles. The number of phenolic OH excluding ortho intramolecular Hbond substituents is 2. The lowest BCUT2D eigenvalue weighted by molar-refractivity contribution is 0.482. The fourth-order valence-corrected chi connectivity index (χ4v) is 6.49. The molecule has 0 atom stereocenters. The number of fused-ring (bicyclic) bond motifs is 6. The first-order valence-corrected chi connectivity index (χ1v) is 14.1. The molecule has 2 heteroatoms. The number of aromatic hydroxyl groups is 2. The Bertz CT molecular complexity index is 2140. The summed E-state index contributed by atoms with van der Waals surface area (Å²) in [6.07, 6.45) is 0. The van der Waals surface area contributed by atoms with E-state index in [1.54, 1.807) is 0 Å². The zero-order valence-electron chi connectivity index (χ0n) is 22.8. The lowest BCUT2D eigenvalue weighted by atomic mass is 9.83. The lowest BCUT2D eigenvalue weighted by Crippen LogP contribution is -1.94. The molecule has 198 valence electrons. The van der Waals surface area contributed by atoms with E-state index in [1.807, 2.05) is 97.1 Å². The highest BCUT2D eigenvalue weighted by molar-refractivity contribution is 6.18. The van der Waals surface area contributed by atoms with Crippen LogP contribution < -0.4 is 0 Å². The Morgan fingerprint density at radius 2 is 0.690 bits per heavy atom. The summed E-state index contributed by atoms with van der Waals surface area (Å²) >= 11 is 0. The molecule has 0 radical (unpaired) electrons. The van der Waals surface area contributed by atoms with Gasteiger partial charge in [-0.15, -0.1) is 0 Å². The van der Waals surface area contributed by atoms with Gasteiger partial charge in [0.25, 0.3) is 0 Å². The van der Waals surface area contributed by atoms with Crippen LogP contribution in [0.1, 0.15) is 0 Å². The minimum atomic E-state index is 0.232. The highest BCUT2D eigenvalue weighted by Gasteiger charge is 2.23. The molecule has 8 aromatic carbocycles. The van der Waals surface area contributed by atoms with Crippen molar-refractivity contribution in [3.63, 3.8) is 0 Å². The Balaban J connectivity index is 1.60. The molecule has 42 heavy (non-hydrogen) atoms. The third-order valence-electron chi connectivity index (χ3n) is 8.46. The van der Waals surface area contributed by atoms with Crippen LogP contribution in [-0.2, 0) is 0 Å². The fourth-order valence-electron chi connectivity index (χ4n) is 6.49. The second-order valence-corrected chi connectivity index (χ2v) is 10.8. The zero-order valence-corrected chi connectivity index (χ0v) is 22.8. The minimum absolute atomic E-state index is 0.232. The van der Waals surface area contributed by atoms with Crippen molar-refractivity contribution in [2.75, 3.05) is 0 Å². The van der Waals surface area contributed by atoms with E-state index in [0.717, 1.165) is 76.5 Å². The van der Waals surface area contributed by atoms with Crippen LogP contribution in [0.15, 0.2) is 146 Å². The fraction of sp³-hybridized carbons (Fsp3) is 0. The SMILES string of the molecule is Oc1c(-c2ccccc2)c(-c2cc3c(ccc4ccccc43)c(O)c2-c2ccccc2)cc2c1ccc1ccccc12. The number of phenols is 2. The number of hydrogen-bond acceptors (Lipinski definition) is 2. The van der Waals surface area contributed by atoms with Gasteiger partial charge in [-0.2, -0.15) is 0 Å². The summed E-state index contributed by atoms with van der Waals surface area (Å²) in [6.45, 7) is 0. The highest BCUT2D eigenvalue weighted by Crippen LogP contribution is 2.51. The summed E-state index contributed by atoms with van der Waals surface area (Å²) in [7, 11) is 0. The van der Waals surface area contributed by atoms with Gasteiger partial charge in [0.2, 0.25) is 0 Å². The van der Waals surface area contributed by atoms with Gasteiger partial charge in [0.05, 0.1) is 0 Å². The first-order valence-electron chi connectivity index (χ1n) is 14.1. The van der Waals surface area contributed by atoms with Crippen molar-refractivity contribution >= 4 is 43.1 Å². The zero-order chi connectivity index (χ0) is 28.2. The molecule has 0 aliphatic heterocycles. The van der Waals surface area contributed by atoms with E-state index in [-0.39, 0.29) is 11.5 Å². The van der Waals surface area contributed by atoms with Crippen molar-refractivity contribution in [3.05, 3.63) is 146 Å². The summed E-state index contributed by atoms with van der Waals surface area (Å²) in [4.78, 5) is 0. The summed E-state index contributed by atoms with van der Waals surface area (Å²) in [5, 5.41) is 32.0. The normalized spacial score (nSPS) is 11.5. The van der Waals surface area contributed by atoms with Gasteiger partial charge in [-0.1, -0.05) is 133 Å². The van der Waals surface area contributed by atoms with Crippen LogP contribution in [0.5, 0.6) is 11.5 Å². The largest absolute Gasteiger partial charge is 0.507 e. The van der Waals surface area contributed by atoms with Crippen molar-refractivity contribution in [1.82, 2.24) is 0 Å². The van der Waals surface area contributed by atoms with E-state index in [0.29, 0.717) is 0 Å². The highest BCUT2D eigenvalue weighted by atomic mass is 16.3. The smallest absolute Gasteiger partial charge is 0.131 e. The molecule has 2 nitrogen and oxygen atoms in total. The van der Waals surface area contributed by atoms with E-state index in [2.05, 4.69) is 48.5 Å². The molecule has 8 aromatic rings. The van der Waals surface area contributed by atoms with E-state index in [4.69, 9.17) is 0 Å². The van der Waals surface area contributed by atoms with Crippen LogP contribution in [-0.4, -0.2) is 10.2 Å². The van der Waals surface area contributed by atoms with Gasteiger partial charge in [0.1, 0.15) is 11.5 Å². The molecule has 0 amide bonds. The standard InChI is InChI=1S/C40H26O2/c41-39-31-21-19-25-11-7-9-17-29(25)33(31)23-35(37(39)27-13-3-1-4-14-27)36-24-34-30-18-10-8-12-26(30)20-22-32(34)40(42)38(36)28-15-5-2-6-16-28/h1-24,41-42H. The molecule has 0 fully saturated rings. The number of rotatable bonds is 3. The van der Waals surface area contributed by atoms with Crippen LogP contribution >= 0.6 is 0 Å². The van der Waals surface area contributed by atoms with Gasteiger partial charge in [-0.05, 0) is 66.7 Å². The molecule has 0 aliphatic rings. The Kier molecular flexibility index (Phi) is 5.48. The van der Waals surface area contributed by atoms with Crippen molar-refractivity contribution in [2.45, 2.75) is 0 Å². The predicted molar refractivity (Wildman–Crippen MR) is 176 cm³/mol. The molecule has 0 spiro atoms. The maximum Gasteiger partial charge on any atom is 0.131 e. The van der Waals surface area contributed by atoms with Gasteiger partial charge in [-0.3, -0.25) is 0 Å². The molecule has 0 saturated carbocycles. The van der Waals surface area contributed by atoms with Crippen molar-refractivity contribution in [1.29, 1.82) is 0 Å². The summed E-state index contributed by atoms with van der Waals surface area (Å²) in [6, 6.07) is 49.1. The second-order valence-electron chi connectivity index (χ2n) is 10.8. The molecule has 0 heterocycles. The van der Waals surface area contributed by atoms with Gasteiger partial charge in [0, 0.05) is 21.9 Å². The van der Waals surface area contributed by atoms with Crippen molar-refractivity contribution < 1.29 is 10.2 Å². The van der Waals surface area contributed by atoms with E-state index in [9.17, 15) is 10.2 Å². The Hall–Kier alpha value is -5.60. The molecule has 0 unspecified atom stereocenters. The van der Waals surface area contributed by atoms with E-state index < -0.39 is 0 Å². The Labute approximate surface area is 243 Å².